The summed E-state index contributed by atoms with van der Waals surface area (Å²) in [4.78, 5) is 0. The van der Waals surface area contributed by atoms with Gasteiger partial charge in [-0.05, 0) is 52.5 Å². The Kier molecular flexibility index (Phi) is 3.98. The van der Waals surface area contributed by atoms with Gasteiger partial charge in [-0.3, -0.25) is 0 Å². The van der Waals surface area contributed by atoms with Crippen molar-refractivity contribution in [1.29, 1.82) is 0 Å². The number of fused-ring (bicyclic) bond motifs is 1. The molecule has 1 heterocycles. The summed E-state index contributed by atoms with van der Waals surface area (Å²) in [5.41, 5.74) is 7.20. The first-order chi connectivity index (χ1) is 10.5. The normalized spacial score (nSPS) is 25.6. The third-order valence-electron chi connectivity index (χ3n) is 4.79. The minimum Gasteiger partial charge on any atom is -0.490 e. The lowest BCUT2D eigenvalue weighted by Crippen LogP contribution is -2.49. The number of rotatable bonds is 4. The first-order valence-electron chi connectivity index (χ1n) is 8.42. The molecule has 1 aromatic carbocycles. The molecule has 0 radical (unpaired) electrons. The first-order valence-corrected chi connectivity index (χ1v) is 8.42. The summed E-state index contributed by atoms with van der Waals surface area (Å²) < 4.78 is 17.9. The molecule has 3 rings (SSSR count). The molecule has 0 bridgehead atoms. The molecule has 22 heavy (non-hydrogen) atoms. The smallest absolute Gasteiger partial charge is 0.164 e. The van der Waals surface area contributed by atoms with Gasteiger partial charge in [0, 0.05) is 23.6 Å². The highest BCUT2D eigenvalue weighted by Crippen LogP contribution is 2.51. The lowest BCUT2D eigenvalue weighted by Gasteiger charge is -2.44. The standard InChI is InChI=1S/C18H27NO3/c1-4-20-15-10-13-14(11-16(15)21-5-2)22-18(8-6-7-9-18)12-17(13,3)19/h10-11H,4-9,12,19H2,1-3H3. The van der Waals surface area contributed by atoms with E-state index in [4.69, 9.17) is 19.9 Å². The fourth-order valence-electron chi connectivity index (χ4n) is 3.94. The summed E-state index contributed by atoms with van der Waals surface area (Å²) in [6.07, 6.45) is 5.50. The van der Waals surface area contributed by atoms with Gasteiger partial charge < -0.3 is 19.9 Å². The van der Waals surface area contributed by atoms with E-state index in [1.807, 2.05) is 26.0 Å². The van der Waals surface area contributed by atoms with Gasteiger partial charge in [0.2, 0.25) is 0 Å². The lowest BCUT2D eigenvalue weighted by molar-refractivity contribution is 0.0219. The Morgan fingerprint density at radius 2 is 1.68 bits per heavy atom. The molecule has 1 spiro atoms. The second-order valence-corrected chi connectivity index (χ2v) is 6.75. The number of ether oxygens (including phenoxy) is 3. The summed E-state index contributed by atoms with van der Waals surface area (Å²) in [6.45, 7) is 7.25. The first kappa shape index (κ1) is 15.5. The van der Waals surface area contributed by atoms with Crippen LogP contribution in [-0.4, -0.2) is 18.8 Å². The number of hydrogen-bond acceptors (Lipinski definition) is 4. The van der Waals surface area contributed by atoms with Crippen LogP contribution in [0.2, 0.25) is 0 Å². The fraction of sp³-hybridized carbons (Fsp3) is 0.667. The topological polar surface area (TPSA) is 53.7 Å². The van der Waals surface area contributed by atoms with Crippen molar-refractivity contribution in [3.8, 4) is 17.2 Å². The summed E-state index contributed by atoms with van der Waals surface area (Å²) in [5.74, 6) is 2.37. The lowest BCUT2D eigenvalue weighted by atomic mass is 9.77. The van der Waals surface area contributed by atoms with Gasteiger partial charge in [-0.1, -0.05) is 0 Å². The zero-order valence-electron chi connectivity index (χ0n) is 13.9. The van der Waals surface area contributed by atoms with Gasteiger partial charge in [-0.15, -0.1) is 0 Å². The van der Waals surface area contributed by atoms with E-state index < -0.39 is 5.54 Å². The Hall–Kier alpha value is -1.42. The van der Waals surface area contributed by atoms with Crippen LogP contribution in [0.15, 0.2) is 12.1 Å². The van der Waals surface area contributed by atoms with Crippen LogP contribution >= 0.6 is 0 Å². The van der Waals surface area contributed by atoms with Crippen molar-refractivity contribution in [2.75, 3.05) is 13.2 Å². The second-order valence-electron chi connectivity index (χ2n) is 6.75. The molecule has 1 fully saturated rings. The van der Waals surface area contributed by atoms with Crippen molar-refractivity contribution in [2.24, 2.45) is 5.73 Å². The third kappa shape index (κ3) is 2.65. The maximum atomic E-state index is 6.66. The highest BCUT2D eigenvalue weighted by atomic mass is 16.5. The van der Waals surface area contributed by atoms with Crippen molar-refractivity contribution in [3.05, 3.63) is 17.7 Å². The molecule has 1 atom stereocenters. The van der Waals surface area contributed by atoms with E-state index >= 15 is 0 Å². The highest BCUT2D eigenvalue weighted by molar-refractivity contribution is 5.54. The molecule has 1 saturated carbocycles. The van der Waals surface area contributed by atoms with Crippen molar-refractivity contribution >= 4 is 0 Å². The summed E-state index contributed by atoms with van der Waals surface area (Å²) >= 11 is 0. The van der Waals surface area contributed by atoms with Crippen LogP contribution in [0.1, 0.15) is 58.4 Å². The third-order valence-corrected chi connectivity index (χ3v) is 4.79. The number of hydrogen-bond donors (Lipinski definition) is 1. The van der Waals surface area contributed by atoms with E-state index in [-0.39, 0.29) is 5.60 Å². The Labute approximate surface area is 132 Å². The van der Waals surface area contributed by atoms with E-state index in [0.29, 0.717) is 13.2 Å². The van der Waals surface area contributed by atoms with E-state index in [2.05, 4.69) is 6.92 Å². The zero-order chi connectivity index (χ0) is 15.8. The van der Waals surface area contributed by atoms with Gasteiger partial charge in [0.15, 0.2) is 11.5 Å². The maximum Gasteiger partial charge on any atom is 0.164 e. The molecule has 2 aliphatic rings. The molecule has 1 unspecified atom stereocenters. The van der Waals surface area contributed by atoms with Gasteiger partial charge in [-0.25, -0.2) is 0 Å². The van der Waals surface area contributed by atoms with Crippen molar-refractivity contribution < 1.29 is 14.2 Å². The minimum absolute atomic E-state index is 0.0902. The quantitative estimate of drug-likeness (QED) is 0.920. The Morgan fingerprint density at radius 1 is 1.09 bits per heavy atom. The monoisotopic (exact) mass is 305 g/mol. The molecule has 122 valence electrons. The molecule has 0 saturated heterocycles. The highest BCUT2D eigenvalue weighted by Gasteiger charge is 2.47. The van der Waals surface area contributed by atoms with Gasteiger partial charge in [0.05, 0.1) is 13.2 Å². The molecule has 1 aliphatic carbocycles. The van der Waals surface area contributed by atoms with Crippen LogP contribution in [0, 0.1) is 0 Å². The van der Waals surface area contributed by atoms with Crippen molar-refractivity contribution in [2.45, 2.75) is 64.0 Å². The second kappa shape index (κ2) is 5.65. The maximum absolute atomic E-state index is 6.66. The van der Waals surface area contributed by atoms with Gasteiger partial charge in [0.25, 0.3) is 0 Å². The van der Waals surface area contributed by atoms with Gasteiger partial charge in [0.1, 0.15) is 11.4 Å². The summed E-state index contributed by atoms with van der Waals surface area (Å²) in [6, 6.07) is 3.97. The van der Waals surface area contributed by atoms with Crippen molar-refractivity contribution in [3.63, 3.8) is 0 Å². The Balaban J connectivity index is 2.04. The van der Waals surface area contributed by atoms with E-state index in [0.717, 1.165) is 42.1 Å². The van der Waals surface area contributed by atoms with E-state index in [9.17, 15) is 0 Å². The molecule has 0 aromatic heterocycles. The Morgan fingerprint density at radius 3 is 2.27 bits per heavy atom. The number of nitrogens with two attached hydrogens (primary N) is 1. The average Bonchev–Trinajstić information content (AvgIpc) is 2.87. The molecule has 0 amide bonds. The van der Waals surface area contributed by atoms with Gasteiger partial charge >= 0.3 is 0 Å². The Bertz CT molecular complexity index is 548. The largest absolute Gasteiger partial charge is 0.490 e. The molecular formula is C18H27NO3. The molecule has 4 heteroatoms. The van der Waals surface area contributed by atoms with Crippen LogP contribution in [0.25, 0.3) is 0 Å². The summed E-state index contributed by atoms with van der Waals surface area (Å²) in [5, 5.41) is 0. The van der Waals surface area contributed by atoms with Gasteiger partial charge in [-0.2, -0.15) is 0 Å². The minimum atomic E-state index is -0.394. The van der Waals surface area contributed by atoms with Crippen LogP contribution in [-0.2, 0) is 5.54 Å². The van der Waals surface area contributed by atoms with Crippen LogP contribution < -0.4 is 19.9 Å². The molecule has 4 nitrogen and oxygen atoms in total. The van der Waals surface area contributed by atoms with E-state index in [1.165, 1.54) is 12.8 Å². The molecule has 1 aromatic rings. The van der Waals surface area contributed by atoms with Crippen LogP contribution in [0.3, 0.4) is 0 Å². The van der Waals surface area contributed by atoms with Crippen molar-refractivity contribution in [1.82, 2.24) is 0 Å². The zero-order valence-corrected chi connectivity index (χ0v) is 13.9. The predicted octanol–water partition coefficient (Wildman–Crippen LogP) is 3.75. The molecule has 1 aliphatic heterocycles. The van der Waals surface area contributed by atoms with Crippen LogP contribution in [0.4, 0.5) is 0 Å². The summed E-state index contributed by atoms with van der Waals surface area (Å²) in [7, 11) is 0. The molecular weight excluding hydrogens is 278 g/mol. The fourth-order valence-corrected chi connectivity index (χ4v) is 3.94. The van der Waals surface area contributed by atoms with E-state index in [1.54, 1.807) is 0 Å². The average molecular weight is 305 g/mol. The SMILES string of the molecule is CCOc1cc2c(cc1OCC)C(C)(N)CC1(CCCC1)O2. The molecule has 2 N–H and O–H groups in total. The number of benzene rings is 1. The van der Waals surface area contributed by atoms with Crippen LogP contribution in [0.5, 0.6) is 17.2 Å². The predicted molar refractivity (Wildman–Crippen MR) is 86.8 cm³/mol.